The molecule has 0 aliphatic rings. The molecule has 2 amide bonds. The summed E-state index contributed by atoms with van der Waals surface area (Å²) in [5, 5.41) is 14.5. The molecule has 7 nitrogen and oxygen atoms in total. The molecule has 0 aliphatic carbocycles. The lowest BCUT2D eigenvalue weighted by atomic mass is 10.1. The zero-order chi connectivity index (χ0) is 32.4. The number of pyridine rings is 1. The summed E-state index contributed by atoms with van der Waals surface area (Å²) in [4.78, 5) is 42.4. The Labute approximate surface area is 267 Å². The van der Waals surface area contributed by atoms with Crippen LogP contribution in [0.4, 0.5) is 18.9 Å². The van der Waals surface area contributed by atoms with Crippen molar-refractivity contribution in [1.29, 1.82) is 0 Å². The van der Waals surface area contributed by atoms with Crippen molar-refractivity contribution in [3.63, 3.8) is 0 Å². The standard InChI is InChI=1S/C33H30F3N3O4S2/c1-2-45-26-9-10-28(39-32(43)23-7-3-6-22(15-23)20-44-14-12-30(40)41)27(18-26)29-17-24(11-13-37-29)31(42)38-19-21-5-4-8-25(16-21)33(34,35)36/h3-11,13,15-18H,2,12,14,19-20H2,1H3,(H,38,42)(H,39,43)(H,40,41). The minimum Gasteiger partial charge on any atom is -0.481 e. The van der Waals surface area contributed by atoms with Gasteiger partial charge < -0.3 is 15.7 Å². The number of nitrogens with one attached hydrogen (secondary N) is 2. The van der Waals surface area contributed by atoms with Crippen molar-refractivity contribution in [2.45, 2.75) is 36.7 Å². The Morgan fingerprint density at radius 1 is 0.889 bits per heavy atom. The molecule has 1 heterocycles. The molecule has 3 N–H and O–H groups in total. The second-order valence-electron chi connectivity index (χ2n) is 9.80. The van der Waals surface area contributed by atoms with Gasteiger partial charge in [0.05, 0.1) is 23.4 Å². The van der Waals surface area contributed by atoms with Crippen LogP contribution in [0.2, 0.25) is 0 Å². The summed E-state index contributed by atoms with van der Waals surface area (Å²) in [6, 6.07) is 20.5. The first kappa shape index (κ1) is 33.6. The van der Waals surface area contributed by atoms with Gasteiger partial charge in [0, 0.05) is 45.8 Å². The van der Waals surface area contributed by atoms with Crippen molar-refractivity contribution < 1.29 is 32.7 Å². The number of hydrogen-bond donors (Lipinski definition) is 3. The molecule has 12 heteroatoms. The van der Waals surface area contributed by atoms with Gasteiger partial charge in [-0.15, -0.1) is 11.8 Å². The molecule has 0 saturated heterocycles. The predicted molar refractivity (Wildman–Crippen MR) is 171 cm³/mol. The van der Waals surface area contributed by atoms with E-state index in [0.717, 1.165) is 28.3 Å². The van der Waals surface area contributed by atoms with Crippen LogP contribution in [0.25, 0.3) is 11.3 Å². The van der Waals surface area contributed by atoms with Gasteiger partial charge in [0.2, 0.25) is 0 Å². The van der Waals surface area contributed by atoms with Gasteiger partial charge in [0.1, 0.15) is 0 Å². The molecule has 4 rings (SSSR count). The van der Waals surface area contributed by atoms with Crippen LogP contribution in [0.15, 0.2) is 90.0 Å². The summed E-state index contributed by atoms with van der Waals surface area (Å²) in [5.74, 6) is 0.152. The number of alkyl halides is 3. The van der Waals surface area contributed by atoms with Crippen LogP contribution < -0.4 is 10.6 Å². The monoisotopic (exact) mass is 653 g/mol. The third-order valence-corrected chi connectivity index (χ3v) is 8.38. The van der Waals surface area contributed by atoms with Crippen LogP contribution in [0.5, 0.6) is 0 Å². The first-order valence-corrected chi connectivity index (χ1v) is 16.0. The number of carbonyl (C=O) groups excluding carboxylic acids is 2. The second kappa shape index (κ2) is 15.6. The molecule has 0 bridgehead atoms. The van der Waals surface area contributed by atoms with Gasteiger partial charge in [-0.05, 0) is 71.5 Å². The van der Waals surface area contributed by atoms with Gasteiger partial charge in [0.15, 0.2) is 0 Å². The third kappa shape index (κ3) is 9.85. The van der Waals surface area contributed by atoms with Crippen molar-refractivity contribution in [3.05, 3.63) is 113 Å². The third-order valence-electron chi connectivity index (χ3n) is 6.47. The van der Waals surface area contributed by atoms with Crippen molar-refractivity contribution in [2.24, 2.45) is 0 Å². The fourth-order valence-corrected chi connectivity index (χ4v) is 5.89. The zero-order valence-electron chi connectivity index (χ0n) is 24.2. The lowest BCUT2D eigenvalue weighted by Crippen LogP contribution is -2.23. The highest BCUT2D eigenvalue weighted by molar-refractivity contribution is 7.99. The molecule has 0 aliphatic heterocycles. The molecule has 0 fully saturated rings. The number of thioether (sulfide) groups is 2. The molecule has 0 atom stereocenters. The minimum absolute atomic E-state index is 0.0622. The number of halogens is 3. The molecule has 0 spiro atoms. The Hall–Kier alpha value is -4.29. The average Bonchev–Trinajstić information content (AvgIpc) is 3.02. The van der Waals surface area contributed by atoms with E-state index in [-0.39, 0.29) is 24.4 Å². The number of anilines is 1. The van der Waals surface area contributed by atoms with Gasteiger partial charge in [-0.3, -0.25) is 19.4 Å². The van der Waals surface area contributed by atoms with Crippen LogP contribution in [0, 0.1) is 0 Å². The van der Waals surface area contributed by atoms with Crippen LogP contribution in [-0.2, 0) is 23.3 Å². The maximum atomic E-state index is 13.3. The molecule has 4 aromatic rings. The van der Waals surface area contributed by atoms with Gasteiger partial charge >= 0.3 is 12.1 Å². The van der Waals surface area contributed by atoms with E-state index in [1.807, 2.05) is 25.1 Å². The molecular formula is C33H30F3N3O4S2. The average molecular weight is 654 g/mol. The number of carboxylic acids is 1. The van der Waals surface area contributed by atoms with Crippen molar-refractivity contribution in [3.8, 4) is 11.3 Å². The smallest absolute Gasteiger partial charge is 0.416 e. The van der Waals surface area contributed by atoms with Crippen molar-refractivity contribution >= 4 is 47.0 Å². The number of carboxylic acid groups (broad SMARTS) is 1. The molecule has 0 radical (unpaired) electrons. The van der Waals surface area contributed by atoms with Crippen LogP contribution >= 0.6 is 23.5 Å². The van der Waals surface area contributed by atoms with Gasteiger partial charge in [-0.2, -0.15) is 24.9 Å². The van der Waals surface area contributed by atoms with E-state index in [4.69, 9.17) is 5.11 Å². The van der Waals surface area contributed by atoms with Crippen LogP contribution in [-0.4, -0.2) is 39.4 Å². The van der Waals surface area contributed by atoms with Crippen molar-refractivity contribution in [2.75, 3.05) is 16.8 Å². The number of aliphatic carboxylic acids is 1. The largest absolute Gasteiger partial charge is 0.481 e. The van der Waals surface area contributed by atoms with Gasteiger partial charge in [0.25, 0.3) is 11.8 Å². The number of aromatic nitrogens is 1. The Balaban J connectivity index is 1.52. The molecule has 0 saturated carbocycles. The zero-order valence-corrected chi connectivity index (χ0v) is 25.8. The summed E-state index contributed by atoms with van der Waals surface area (Å²) < 4.78 is 39.2. The summed E-state index contributed by atoms with van der Waals surface area (Å²) in [6.45, 7) is 1.92. The normalized spacial score (nSPS) is 11.2. The minimum atomic E-state index is -4.48. The predicted octanol–water partition coefficient (Wildman–Crippen LogP) is 7.77. The Kier molecular flexibility index (Phi) is 11.7. The van der Waals surface area contributed by atoms with Crippen LogP contribution in [0.3, 0.4) is 0 Å². The van der Waals surface area contributed by atoms with Gasteiger partial charge in [-0.1, -0.05) is 31.2 Å². The van der Waals surface area contributed by atoms with E-state index in [0.29, 0.717) is 39.6 Å². The summed E-state index contributed by atoms with van der Waals surface area (Å²) in [5.41, 5.74) is 2.60. The first-order valence-electron chi connectivity index (χ1n) is 13.9. The highest BCUT2D eigenvalue weighted by atomic mass is 32.2. The highest BCUT2D eigenvalue weighted by Gasteiger charge is 2.30. The molecule has 45 heavy (non-hydrogen) atoms. The second-order valence-corrected chi connectivity index (χ2v) is 12.2. The maximum absolute atomic E-state index is 13.3. The van der Waals surface area contributed by atoms with E-state index < -0.39 is 23.6 Å². The van der Waals surface area contributed by atoms with Crippen molar-refractivity contribution in [1.82, 2.24) is 10.3 Å². The number of benzene rings is 3. The highest BCUT2D eigenvalue weighted by Crippen LogP contribution is 2.33. The Bertz CT molecular complexity index is 1680. The summed E-state index contributed by atoms with van der Waals surface area (Å²) in [7, 11) is 0. The lowest BCUT2D eigenvalue weighted by molar-refractivity contribution is -0.138. The topological polar surface area (TPSA) is 108 Å². The Morgan fingerprint density at radius 2 is 1.64 bits per heavy atom. The number of rotatable bonds is 13. The maximum Gasteiger partial charge on any atom is 0.416 e. The fourth-order valence-electron chi connectivity index (χ4n) is 4.31. The quantitative estimate of drug-likeness (QED) is 0.1000. The number of amides is 2. The SMILES string of the molecule is CCSc1ccc(NC(=O)c2cccc(CSCCC(=O)O)c2)c(-c2cc(C(=O)NCc3cccc(C(F)(F)F)c3)ccn2)c1. The molecular weight excluding hydrogens is 624 g/mol. The van der Waals surface area contributed by atoms with E-state index in [2.05, 4.69) is 15.6 Å². The molecule has 3 aromatic carbocycles. The molecule has 0 unspecified atom stereocenters. The number of carbonyl (C=O) groups is 3. The lowest BCUT2D eigenvalue weighted by Gasteiger charge is -2.14. The summed E-state index contributed by atoms with van der Waals surface area (Å²) in [6.07, 6.45) is -2.96. The fraction of sp³-hybridized carbons (Fsp3) is 0.212. The molecule has 1 aromatic heterocycles. The van der Waals surface area contributed by atoms with Gasteiger partial charge in [-0.25, -0.2) is 0 Å². The van der Waals surface area contributed by atoms with Crippen LogP contribution in [0.1, 0.15) is 50.8 Å². The van der Waals surface area contributed by atoms with E-state index in [9.17, 15) is 27.6 Å². The molecule has 234 valence electrons. The Morgan fingerprint density at radius 3 is 2.40 bits per heavy atom. The number of hydrogen-bond acceptors (Lipinski definition) is 6. The van der Waals surface area contributed by atoms with E-state index in [1.165, 1.54) is 36.2 Å². The number of nitrogens with zero attached hydrogens (tertiary/aromatic N) is 1. The van der Waals surface area contributed by atoms with E-state index in [1.54, 1.807) is 42.1 Å². The van der Waals surface area contributed by atoms with E-state index >= 15 is 0 Å². The summed E-state index contributed by atoms with van der Waals surface area (Å²) >= 11 is 3.07. The first-order chi connectivity index (χ1) is 21.5.